The van der Waals surface area contributed by atoms with E-state index in [4.69, 9.17) is 13.9 Å². The van der Waals surface area contributed by atoms with Crippen molar-refractivity contribution >= 4 is 11.9 Å². The number of allylic oxidation sites excluding steroid dienone is 6. The van der Waals surface area contributed by atoms with Crippen LogP contribution in [0.3, 0.4) is 0 Å². The highest BCUT2D eigenvalue weighted by Crippen LogP contribution is 2.39. The normalized spacial score (nSPS) is 18.7. The summed E-state index contributed by atoms with van der Waals surface area (Å²) in [6.45, 7) is 7.93. The molecule has 3 rings (SSSR count). The van der Waals surface area contributed by atoms with Gasteiger partial charge in [-0.15, -0.1) is 0 Å². The largest absolute Gasteiger partial charge is 0.507 e. The number of oxazole rings is 1. The van der Waals surface area contributed by atoms with Gasteiger partial charge < -0.3 is 29.0 Å². The number of benzene rings is 1. The van der Waals surface area contributed by atoms with Gasteiger partial charge in [-0.25, -0.2) is 9.78 Å². The molecule has 0 saturated heterocycles. The fourth-order valence-electron chi connectivity index (χ4n) is 4.72. The number of esters is 1. The number of unbranched alkanes of at least 4 members (excludes halogenated alkanes) is 1. The molecule has 2 N–H and O–H groups in total. The zero-order valence-electron chi connectivity index (χ0n) is 25.9. The van der Waals surface area contributed by atoms with E-state index in [0.717, 1.165) is 25.0 Å². The van der Waals surface area contributed by atoms with Gasteiger partial charge in [0.25, 0.3) is 0 Å². The lowest BCUT2D eigenvalue weighted by atomic mass is 9.86. The predicted octanol–water partition coefficient (Wildman–Crippen LogP) is 6.09. The quantitative estimate of drug-likeness (QED) is 0.0675. The molecule has 9 nitrogen and oxygen atoms in total. The zero-order chi connectivity index (χ0) is 31.5. The lowest BCUT2D eigenvalue weighted by molar-refractivity contribution is -0.124. The summed E-state index contributed by atoms with van der Waals surface area (Å²) in [5.41, 5.74) is 1.69. The van der Waals surface area contributed by atoms with E-state index >= 15 is 0 Å². The van der Waals surface area contributed by atoms with E-state index in [1.807, 2.05) is 32.1 Å². The number of hydrogen-bond donors (Lipinski definition) is 2. The fourth-order valence-corrected chi connectivity index (χ4v) is 4.72. The summed E-state index contributed by atoms with van der Waals surface area (Å²) in [6.07, 6.45) is 16.6. The van der Waals surface area contributed by atoms with E-state index in [9.17, 15) is 19.8 Å². The van der Waals surface area contributed by atoms with Gasteiger partial charge in [0.1, 0.15) is 29.8 Å². The highest BCUT2D eigenvalue weighted by Gasteiger charge is 2.39. The Morgan fingerprint density at radius 2 is 1.88 bits per heavy atom. The molecule has 1 unspecified atom stereocenters. The SMILES string of the molecule is CO/C(C)=C/C(=O)N(C)C/C=C/CC/C=C/C=C/CC(C)c1nc(C[C@H](C)[C@@H]2OC(=O)c3c(ccc(C)c3O)[C@H]2O)co1. The third-order valence-corrected chi connectivity index (χ3v) is 7.52. The number of phenolic OH excluding ortho intramolecular Hbond substituents is 1. The molecule has 1 aliphatic rings. The number of carbonyl (C=O) groups is 2. The number of nitrogens with zero attached hydrogens (tertiary/aromatic N) is 2. The first-order valence-electron chi connectivity index (χ1n) is 14.6. The van der Waals surface area contributed by atoms with Gasteiger partial charge in [0, 0.05) is 37.1 Å². The summed E-state index contributed by atoms with van der Waals surface area (Å²) in [5.74, 6) is 0.192. The number of aliphatic hydroxyl groups excluding tert-OH is 1. The van der Waals surface area contributed by atoms with Gasteiger partial charge >= 0.3 is 5.97 Å². The molecular formula is C34H44N2O7. The summed E-state index contributed by atoms with van der Waals surface area (Å²) < 4.78 is 16.3. The Labute approximate surface area is 254 Å². The Morgan fingerprint density at radius 1 is 1.16 bits per heavy atom. The molecule has 43 heavy (non-hydrogen) atoms. The second kappa shape index (κ2) is 15.9. The van der Waals surface area contributed by atoms with E-state index in [1.165, 1.54) is 6.08 Å². The van der Waals surface area contributed by atoms with Crippen LogP contribution in [0.1, 0.15) is 85.1 Å². The maximum absolute atomic E-state index is 12.6. The number of ether oxygens (including phenoxy) is 2. The Kier molecular flexibility index (Phi) is 12.4. The van der Waals surface area contributed by atoms with E-state index in [2.05, 4.69) is 23.2 Å². The third kappa shape index (κ3) is 9.19. The maximum atomic E-state index is 12.6. The van der Waals surface area contributed by atoms with Crippen molar-refractivity contribution in [2.24, 2.45) is 5.92 Å². The molecular weight excluding hydrogens is 548 g/mol. The number of fused-ring (bicyclic) bond motifs is 1. The van der Waals surface area contributed by atoms with E-state index < -0.39 is 18.2 Å². The Morgan fingerprint density at radius 3 is 2.63 bits per heavy atom. The van der Waals surface area contributed by atoms with Gasteiger partial charge in [0.2, 0.25) is 5.91 Å². The molecule has 0 fully saturated rings. The molecule has 4 atom stereocenters. The van der Waals surface area contributed by atoms with Crippen molar-refractivity contribution in [3.05, 3.63) is 95.0 Å². The number of aliphatic hydroxyl groups is 1. The number of amides is 1. The maximum Gasteiger partial charge on any atom is 0.342 e. The number of methoxy groups -OCH3 is 1. The summed E-state index contributed by atoms with van der Waals surface area (Å²) in [4.78, 5) is 30.8. The van der Waals surface area contributed by atoms with Crippen LogP contribution in [0.15, 0.2) is 71.1 Å². The minimum atomic E-state index is -1.04. The van der Waals surface area contributed by atoms with Crippen LogP contribution in [-0.4, -0.2) is 58.8 Å². The van der Waals surface area contributed by atoms with E-state index in [0.29, 0.717) is 35.7 Å². The Balaban J connectivity index is 1.41. The molecule has 1 aromatic carbocycles. The van der Waals surface area contributed by atoms with Crippen molar-refractivity contribution in [2.45, 2.75) is 71.5 Å². The zero-order valence-corrected chi connectivity index (χ0v) is 25.9. The molecule has 0 radical (unpaired) electrons. The molecule has 0 saturated carbocycles. The summed E-state index contributed by atoms with van der Waals surface area (Å²) in [5, 5.41) is 21.2. The van der Waals surface area contributed by atoms with Gasteiger partial charge in [-0.2, -0.15) is 0 Å². The highest BCUT2D eigenvalue weighted by molar-refractivity contribution is 5.96. The second-order valence-electron chi connectivity index (χ2n) is 11.1. The van der Waals surface area contributed by atoms with Gasteiger partial charge in [-0.05, 0) is 45.1 Å². The number of likely N-dealkylation sites (N-methyl/N-ethyl adjacent to an activating group) is 1. The van der Waals surface area contributed by atoms with Crippen LogP contribution in [-0.2, 0) is 20.7 Å². The molecule has 1 aromatic heterocycles. The number of cyclic esters (lactones) is 1. The van der Waals surface area contributed by atoms with Crippen LogP contribution in [0.4, 0.5) is 0 Å². The van der Waals surface area contributed by atoms with Gasteiger partial charge in [0.15, 0.2) is 5.89 Å². The molecule has 2 aromatic rings. The van der Waals surface area contributed by atoms with Crippen molar-refractivity contribution in [1.82, 2.24) is 9.88 Å². The summed E-state index contributed by atoms with van der Waals surface area (Å²) in [6, 6.07) is 3.35. The number of carbonyl (C=O) groups excluding carboxylic acids is 2. The topological polar surface area (TPSA) is 122 Å². The fraction of sp³-hybridized carbons (Fsp3) is 0.441. The molecule has 2 heterocycles. The average Bonchev–Trinajstić information content (AvgIpc) is 3.45. The summed E-state index contributed by atoms with van der Waals surface area (Å²) >= 11 is 0. The Hall–Kier alpha value is -4.11. The standard InChI is InChI=1S/C34H44N2O7/c1-22-16-17-27-29(30(22)38)34(40)43-32(31(27)39)24(3)19-26-21-42-33(35-26)23(2)15-13-11-9-7-8-10-12-14-18-36(5)28(37)20-25(4)41-6/h7,9,11-14,16-17,20-21,23-24,31-32,38-39H,8,10,15,18-19H2,1-6H3/b9-7+,13-11+,14-12+,25-20+/t23?,24-,31+,32-/m0/s1. The van der Waals surface area contributed by atoms with Crippen molar-refractivity contribution < 1.29 is 33.7 Å². The van der Waals surface area contributed by atoms with Crippen LogP contribution in [0.25, 0.3) is 0 Å². The molecule has 0 spiro atoms. The molecule has 0 aliphatic carbocycles. The first-order chi connectivity index (χ1) is 20.5. The second-order valence-corrected chi connectivity index (χ2v) is 11.1. The van der Waals surface area contributed by atoms with Crippen LogP contribution in [0.5, 0.6) is 5.75 Å². The van der Waals surface area contributed by atoms with Crippen molar-refractivity contribution in [3.8, 4) is 5.75 Å². The lowest BCUT2D eigenvalue weighted by Gasteiger charge is -2.33. The van der Waals surface area contributed by atoms with E-state index in [1.54, 1.807) is 51.3 Å². The number of aryl methyl sites for hydroxylation is 1. The lowest BCUT2D eigenvalue weighted by Crippen LogP contribution is -2.37. The predicted molar refractivity (Wildman–Crippen MR) is 164 cm³/mol. The first-order valence-corrected chi connectivity index (χ1v) is 14.6. The number of aromatic nitrogens is 1. The average molecular weight is 593 g/mol. The molecule has 0 bridgehead atoms. The number of aromatic hydroxyl groups is 1. The van der Waals surface area contributed by atoms with Crippen LogP contribution >= 0.6 is 0 Å². The van der Waals surface area contributed by atoms with Crippen molar-refractivity contribution in [2.75, 3.05) is 20.7 Å². The minimum Gasteiger partial charge on any atom is -0.507 e. The van der Waals surface area contributed by atoms with Crippen LogP contribution in [0.2, 0.25) is 0 Å². The van der Waals surface area contributed by atoms with Gasteiger partial charge in [-0.3, -0.25) is 4.79 Å². The number of hydrogen-bond acceptors (Lipinski definition) is 8. The monoisotopic (exact) mass is 592 g/mol. The minimum absolute atomic E-state index is 0.0353. The number of rotatable bonds is 14. The van der Waals surface area contributed by atoms with Gasteiger partial charge in [-0.1, -0.05) is 62.4 Å². The van der Waals surface area contributed by atoms with Crippen LogP contribution < -0.4 is 0 Å². The smallest absolute Gasteiger partial charge is 0.342 e. The van der Waals surface area contributed by atoms with Crippen LogP contribution in [0, 0.1) is 12.8 Å². The van der Waals surface area contributed by atoms with Crippen molar-refractivity contribution in [3.63, 3.8) is 0 Å². The Bertz CT molecular complexity index is 1370. The van der Waals surface area contributed by atoms with Crippen molar-refractivity contribution in [1.29, 1.82) is 0 Å². The molecule has 9 heteroatoms. The summed E-state index contributed by atoms with van der Waals surface area (Å²) in [7, 11) is 3.30. The third-order valence-electron chi connectivity index (χ3n) is 7.52. The van der Waals surface area contributed by atoms with E-state index in [-0.39, 0.29) is 29.1 Å². The highest BCUT2D eigenvalue weighted by atomic mass is 16.6. The number of phenols is 1. The molecule has 232 valence electrons. The first kappa shape index (κ1) is 33.4. The molecule has 1 amide bonds. The molecule has 1 aliphatic heterocycles. The van der Waals surface area contributed by atoms with Gasteiger partial charge in [0.05, 0.1) is 18.6 Å².